The van der Waals surface area contributed by atoms with E-state index in [1.807, 2.05) is 6.92 Å². The summed E-state index contributed by atoms with van der Waals surface area (Å²) in [5.41, 5.74) is 3.75. The molecule has 0 aliphatic rings. The van der Waals surface area contributed by atoms with Crippen molar-refractivity contribution in [3.63, 3.8) is 0 Å². The second kappa shape index (κ2) is 7.41. The first kappa shape index (κ1) is 18.3. The Bertz CT molecular complexity index is 1010. The van der Waals surface area contributed by atoms with E-state index in [-0.39, 0.29) is 17.7 Å². The lowest BCUT2D eigenvalue weighted by Gasteiger charge is -2.10. The molecule has 0 atom stereocenters. The Morgan fingerprint density at radius 3 is 2.41 bits per heavy atom. The van der Waals surface area contributed by atoms with Gasteiger partial charge in [0.15, 0.2) is 5.78 Å². The Kier molecular flexibility index (Phi) is 5.03. The summed E-state index contributed by atoms with van der Waals surface area (Å²) < 4.78 is 5.59. The standard InChI is InChI=1S/C20H20N4O3/c1-11-10-15(27-20-21-8-5-9-22-20)6-7-16(11)24-19(26)18-12(2)17(14(4)25)13(3)23-18/h5-10,23H,1-4H3,(H,24,26). The van der Waals surface area contributed by atoms with Crippen LogP contribution in [0.5, 0.6) is 11.8 Å². The van der Waals surface area contributed by atoms with E-state index in [1.54, 1.807) is 50.5 Å². The van der Waals surface area contributed by atoms with E-state index in [4.69, 9.17) is 4.74 Å². The van der Waals surface area contributed by atoms with Crippen LogP contribution in [-0.4, -0.2) is 26.6 Å². The molecule has 2 heterocycles. The molecule has 1 amide bonds. The normalized spacial score (nSPS) is 10.5. The number of Topliss-reactive ketones (excluding diaryl/α,β-unsaturated/α-hetero) is 1. The van der Waals surface area contributed by atoms with Crippen molar-refractivity contribution in [3.05, 3.63) is 64.7 Å². The molecule has 0 unspecified atom stereocenters. The first-order chi connectivity index (χ1) is 12.9. The van der Waals surface area contributed by atoms with Gasteiger partial charge in [0.25, 0.3) is 5.91 Å². The van der Waals surface area contributed by atoms with E-state index in [2.05, 4.69) is 20.3 Å². The smallest absolute Gasteiger partial charge is 0.321 e. The summed E-state index contributed by atoms with van der Waals surface area (Å²) in [5, 5.41) is 2.87. The van der Waals surface area contributed by atoms with E-state index in [9.17, 15) is 9.59 Å². The molecule has 0 fully saturated rings. The number of ether oxygens (including phenoxy) is 1. The van der Waals surface area contributed by atoms with Gasteiger partial charge in [-0.3, -0.25) is 9.59 Å². The van der Waals surface area contributed by atoms with Crippen LogP contribution in [0.1, 0.15) is 44.6 Å². The molecule has 2 aromatic heterocycles. The molecular weight excluding hydrogens is 344 g/mol. The largest absolute Gasteiger partial charge is 0.424 e. The van der Waals surface area contributed by atoms with Gasteiger partial charge in [-0.2, -0.15) is 0 Å². The van der Waals surface area contributed by atoms with Crippen LogP contribution in [-0.2, 0) is 0 Å². The average molecular weight is 364 g/mol. The van der Waals surface area contributed by atoms with Crippen LogP contribution in [0.4, 0.5) is 5.69 Å². The van der Waals surface area contributed by atoms with Crippen LogP contribution in [0.15, 0.2) is 36.7 Å². The van der Waals surface area contributed by atoms with E-state index in [0.29, 0.717) is 34.0 Å². The molecule has 0 aliphatic heterocycles. The third kappa shape index (κ3) is 3.87. The second-order valence-corrected chi connectivity index (χ2v) is 6.25. The number of hydrogen-bond acceptors (Lipinski definition) is 5. The topological polar surface area (TPSA) is 97.0 Å². The molecule has 7 nitrogen and oxygen atoms in total. The molecule has 0 aliphatic carbocycles. The van der Waals surface area contributed by atoms with Gasteiger partial charge in [0.1, 0.15) is 11.4 Å². The fourth-order valence-electron chi connectivity index (χ4n) is 2.97. The Morgan fingerprint density at radius 2 is 1.81 bits per heavy atom. The zero-order chi connectivity index (χ0) is 19.6. The summed E-state index contributed by atoms with van der Waals surface area (Å²) in [6.45, 7) is 6.90. The predicted molar refractivity (Wildman–Crippen MR) is 102 cm³/mol. The van der Waals surface area contributed by atoms with Crippen LogP contribution in [0.2, 0.25) is 0 Å². The molecule has 1 aromatic carbocycles. The molecule has 2 N–H and O–H groups in total. The maximum atomic E-state index is 12.6. The van der Waals surface area contributed by atoms with E-state index in [0.717, 1.165) is 5.56 Å². The Morgan fingerprint density at radius 1 is 1.11 bits per heavy atom. The molecule has 3 aromatic rings. The first-order valence-electron chi connectivity index (χ1n) is 8.43. The zero-order valence-electron chi connectivity index (χ0n) is 15.6. The third-order valence-corrected chi connectivity index (χ3v) is 4.21. The van der Waals surface area contributed by atoms with Gasteiger partial charge in [-0.05, 0) is 63.1 Å². The Balaban J connectivity index is 1.79. The molecule has 0 saturated heterocycles. The Labute approximate surface area is 156 Å². The highest BCUT2D eigenvalue weighted by Crippen LogP contribution is 2.25. The molecule has 0 radical (unpaired) electrons. The SMILES string of the molecule is CC(=O)c1c(C)[nH]c(C(=O)Nc2ccc(Oc3ncccn3)cc2C)c1C. The minimum atomic E-state index is -0.300. The fourth-order valence-corrected chi connectivity index (χ4v) is 2.97. The molecule has 3 rings (SSSR count). The number of aromatic amines is 1. The van der Waals surface area contributed by atoms with E-state index >= 15 is 0 Å². The number of nitrogens with one attached hydrogen (secondary N) is 2. The number of carbonyl (C=O) groups is 2. The van der Waals surface area contributed by atoms with Gasteiger partial charge in [-0.1, -0.05) is 0 Å². The Hall–Kier alpha value is -3.48. The fraction of sp³-hybridized carbons (Fsp3) is 0.200. The van der Waals surface area contributed by atoms with Crippen LogP contribution in [0.3, 0.4) is 0 Å². The van der Waals surface area contributed by atoms with E-state index in [1.165, 1.54) is 6.92 Å². The van der Waals surface area contributed by atoms with Crippen LogP contribution in [0, 0.1) is 20.8 Å². The predicted octanol–water partition coefficient (Wildman–Crippen LogP) is 3.98. The zero-order valence-corrected chi connectivity index (χ0v) is 15.6. The van der Waals surface area contributed by atoms with Crippen molar-refractivity contribution in [2.24, 2.45) is 0 Å². The van der Waals surface area contributed by atoms with Gasteiger partial charge in [-0.25, -0.2) is 9.97 Å². The van der Waals surface area contributed by atoms with Crippen molar-refractivity contribution in [1.82, 2.24) is 15.0 Å². The third-order valence-electron chi connectivity index (χ3n) is 4.21. The van der Waals surface area contributed by atoms with Crippen LogP contribution < -0.4 is 10.1 Å². The van der Waals surface area contributed by atoms with E-state index < -0.39 is 0 Å². The lowest BCUT2D eigenvalue weighted by atomic mass is 10.1. The number of carbonyl (C=O) groups excluding carboxylic acids is 2. The number of ketones is 1. The van der Waals surface area contributed by atoms with Gasteiger partial charge >= 0.3 is 6.01 Å². The molecule has 0 saturated carbocycles. The summed E-state index contributed by atoms with van der Waals surface area (Å²) in [5.74, 6) is 0.204. The van der Waals surface area contributed by atoms with Gasteiger partial charge < -0.3 is 15.0 Å². The molecule has 27 heavy (non-hydrogen) atoms. The maximum absolute atomic E-state index is 12.6. The number of aryl methyl sites for hydroxylation is 2. The highest BCUT2D eigenvalue weighted by molar-refractivity contribution is 6.07. The molecular formula is C20H20N4O3. The van der Waals surface area contributed by atoms with Gasteiger partial charge in [-0.15, -0.1) is 0 Å². The van der Waals surface area contributed by atoms with Crippen molar-refractivity contribution in [2.45, 2.75) is 27.7 Å². The maximum Gasteiger partial charge on any atom is 0.321 e. The number of rotatable bonds is 5. The number of nitrogens with zero attached hydrogens (tertiary/aromatic N) is 2. The number of H-pyrrole nitrogens is 1. The number of hydrogen-bond donors (Lipinski definition) is 2. The number of aromatic nitrogens is 3. The lowest BCUT2D eigenvalue weighted by Crippen LogP contribution is -2.14. The van der Waals surface area contributed by atoms with Crippen molar-refractivity contribution in [2.75, 3.05) is 5.32 Å². The van der Waals surface area contributed by atoms with Crippen LogP contribution >= 0.6 is 0 Å². The molecule has 0 spiro atoms. The summed E-state index contributed by atoms with van der Waals surface area (Å²) in [6, 6.07) is 7.23. The van der Waals surface area contributed by atoms with Gasteiger partial charge in [0.05, 0.1) is 0 Å². The first-order valence-corrected chi connectivity index (χ1v) is 8.43. The summed E-state index contributed by atoms with van der Waals surface area (Å²) in [4.78, 5) is 35.4. The van der Waals surface area contributed by atoms with Gasteiger partial charge in [0, 0.05) is 29.3 Å². The monoisotopic (exact) mass is 364 g/mol. The molecule has 0 bridgehead atoms. The van der Waals surface area contributed by atoms with Crippen molar-refractivity contribution in [3.8, 4) is 11.8 Å². The van der Waals surface area contributed by atoms with Gasteiger partial charge in [0.2, 0.25) is 0 Å². The van der Waals surface area contributed by atoms with Crippen molar-refractivity contribution >= 4 is 17.4 Å². The number of amides is 1. The van der Waals surface area contributed by atoms with Crippen molar-refractivity contribution < 1.29 is 14.3 Å². The number of benzene rings is 1. The molecule has 7 heteroatoms. The second-order valence-electron chi connectivity index (χ2n) is 6.25. The summed E-state index contributed by atoms with van der Waals surface area (Å²) in [7, 11) is 0. The number of anilines is 1. The molecule has 138 valence electrons. The summed E-state index contributed by atoms with van der Waals surface area (Å²) in [6.07, 6.45) is 3.19. The minimum absolute atomic E-state index is 0.0684. The summed E-state index contributed by atoms with van der Waals surface area (Å²) >= 11 is 0. The van der Waals surface area contributed by atoms with Crippen molar-refractivity contribution in [1.29, 1.82) is 0 Å². The quantitative estimate of drug-likeness (QED) is 0.668. The highest BCUT2D eigenvalue weighted by atomic mass is 16.5. The average Bonchev–Trinajstić information content (AvgIpc) is 2.93. The lowest BCUT2D eigenvalue weighted by molar-refractivity contribution is 0.101. The highest BCUT2D eigenvalue weighted by Gasteiger charge is 2.20. The minimum Gasteiger partial charge on any atom is -0.424 e. The van der Waals surface area contributed by atoms with Crippen LogP contribution in [0.25, 0.3) is 0 Å².